The van der Waals surface area contributed by atoms with Crippen molar-refractivity contribution in [3.8, 4) is 5.75 Å². The summed E-state index contributed by atoms with van der Waals surface area (Å²) in [6.45, 7) is 5.51. The first-order chi connectivity index (χ1) is 8.26. The summed E-state index contributed by atoms with van der Waals surface area (Å²) < 4.78 is 5.27. The lowest BCUT2D eigenvalue weighted by atomic mass is 9.97. The Balaban J connectivity index is 2.16. The topological polar surface area (TPSA) is 21.3 Å². The second-order valence-electron chi connectivity index (χ2n) is 4.99. The number of methoxy groups -OCH3 is 1. The molecule has 1 atom stereocenters. The normalized spacial score (nSPS) is 16.9. The number of nitrogens with one attached hydrogen (secondary N) is 1. The first-order valence-electron chi connectivity index (χ1n) is 6.64. The predicted octanol–water partition coefficient (Wildman–Crippen LogP) is 3.45. The van der Waals surface area contributed by atoms with Crippen LogP contribution in [0.1, 0.15) is 43.4 Å². The number of hydrogen-bond acceptors (Lipinski definition) is 2. The average molecular weight is 233 g/mol. The van der Waals surface area contributed by atoms with Gasteiger partial charge in [0.05, 0.1) is 7.11 Å². The maximum atomic E-state index is 5.27. The third-order valence-corrected chi connectivity index (χ3v) is 3.52. The summed E-state index contributed by atoms with van der Waals surface area (Å²) in [6, 6.07) is 6.98. The molecule has 0 heterocycles. The van der Waals surface area contributed by atoms with Gasteiger partial charge in [0.15, 0.2) is 0 Å². The molecule has 94 valence electrons. The van der Waals surface area contributed by atoms with Crippen molar-refractivity contribution in [2.45, 2.75) is 39.2 Å². The maximum Gasteiger partial charge on any atom is 0.119 e. The summed E-state index contributed by atoms with van der Waals surface area (Å²) in [5.41, 5.74) is 2.78. The molecule has 1 fully saturated rings. The molecule has 17 heavy (non-hydrogen) atoms. The summed E-state index contributed by atoms with van der Waals surface area (Å²) in [7, 11) is 1.72. The largest absolute Gasteiger partial charge is 0.497 e. The zero-order valence-electron chi connectivity index (χ0n) is 11.1. The molecule has 1 aliphatic rings. The van der Waals surface area contributed by atoms with Gasteiger partial charge in [-0.15, -0.1) is 0 Å². The SMILES string of the molecule is CCCNC(c1ccc(OC)cc1C)C1CC1. The Morgan fingerprint density at radius 3 is 2.71 bits per heavy atom. The summed E-state index contributed by atoms with van der Waals surface area (Å²) in [4.78, 5) is 0. The van der Waals surface area contributed by atoms with Gasteiger partial charge >= 0.3 is 0 Å². The summed E-state index contributed by atoms with van der Waals surface area (Å²) >= 11 is 0. The Morgan fingerprint density at radius 2 is 2.18 bits per heavy atom. The van der Waals surface area contributed by atoms with Gasteiger partial charge in [0, 0.05) is 6.04 Å². The highest BCUT2D eigenvalue weighted by atomic mass is 16.5. The van der Waals surface area contributed by atoms with Crippen molar-refractivity contribution >= 4 is 0 Å². The van der Waals surface area contributed by atoms with Crippen LogP contribution in [0.25, 0.3) is 0 Å². The molecule has 1 N–H and O–H groups in total. The highest BCUT2D eigenvalue weighted by molar-refractivity contribution is 5.37. The third-order valence-electron chi connectivity index (χ3n) is 3.52. The molecular formula is C15H23NO. The van der Waals surface area contributed by atoms with Gasteiger partial charge in [-0.05, 0) is 61.9 Å². The van der Waals surface area contributed by atoms with Gasteiger partial charge in [0.25, 0.3) is 0 Å². The van der Waals surface area contributed by atoms with Crippen molar-refractivity contribution in [1.29, 1.82) is 0 Å². The van der Waals surface area contributed by atoms with Crippen LogP contribution in [-0.4, -0.2) is 13.7 Å². The second-order valence-corrected chi connectivity index (χ2v) is 4.99. The van der Waals surface area contributed by atoms with Crippen LogP contribution in [0.2, 0.25) is 0 Å². The summed E-state index contributed by atoms with van der Waals surface area (Å²) in [5, 5.41) is 3.69. The molecule has 0 aromatic heterocycles. The Morgan fingerprint density at radius 1 is 1.41 bits per heavy atom. The van der Waals surface area contributed by atoms with Crippen molar-refractivity contribution in [3.63, 3.8) is 0 Å². The molecule has 2 heteroatoms. The van der Waals surface area contributed by atoms with Crippen LogP contribution in [0, 0.1) is 12.8 Å². The molecule has 0 radical (unpaired) electrons. The van der Waals surface area contributed by atoms with Crippen LogP contribution >= 0.6 is 0 Å². The van der Waals surface area contributed by atoms with Crippen LogP contribution in [0.15, 0.2) is 18.2 Å². The molecule has 2 rings (SSSR count). The van der Waals surface area contributed by atoms with Gasteiger partial charge in [-0.3, -0.25) is 0 Å². The lowest BCUT2D eigenvalue weighted by Gasteiger charge is -2.21. The first kappa shape index (κ1) is 12.4. The fourth-order valence-electron chi connectivity index (χ4n) is 2.38. The Bertz CT molecular complexity index is 371. The maximum absolute atomic E-state index is 5.27. The van der Waals surface area contributed by atoms with E-state index in [0.29, 0.717) is 6.04 Å². The van der Waals surface area contributed by atoms with Gasteiger partial charge in [-0.1, -0.05) is 13.0 Å². The zero-order chi connectivity index (χ0) is 12.3. The molecule has 2 nitrogen and oxygen atoms in total. The lowest BCUT2D eigenvalue weighted by Crippen LogP contribution is -2.24. The van der Waals surface area contributed by atoms with Crippen LogP contribution in [0.5, 0.6) is 5.75 Å². The van der Waals surface area contributed by atoms with Gasteiger partial charge in [-0.25, -0.2) is 0 Å². The minimum atomic E-state index is 0.542. The molecule has 1 aromatic rings. The number of benzene rings is 1. The van der Waals surface area contributed by atoms with Crippen LogP contribution in [0.4, 0.5) is 0 Å². The minimum absolute atomic E-state index is 0.542. The number of aryl methyl sites for hydroxylation is 1. The molecule has 0 aliphatic heterocycles. The zero-order valence-corrected chi connectivity index (χ0v) is 11.1. The first-order valence-corrected chi connectivity index (χ1v) is 6.64. The van der Waals surface area contributed by atoms with E-state index in [1.54, 1.807) is 7.11 Å². The summed E-state index contributed by atoms with van der Waals surface area (Å²) in [6.07, 6.45) is 3.93. The van der Waals surface area contributed by atoms with E-state index < -0.39 is 0 Å². The fourth-order valence-corrected chi connectivity index (χ4v) is 2.38. The van der Waals surface area contributed by atoms with Gasteiger partial charge in [0.2, 0.25) is 0 Å². The van der Waals surface area contributed by atoms with Gasteiger partial charge in [-0.2, -0.15) is 0 Å². The van der Waals surface area contributed by atoms with Crippen molar-refractivity contribution < 1.29 is 4.74 Å². The van der Waals surface area contributed by atoms with Gasteiger partial charge < -0.3 is 10.1 Å². The van der Waals surface area contributed by atoms with Crippen molar-refractivity contribution in [3.05, 3.63) is 29.3 Å². The average Bonchev–Trinajstić information content (AvgIpc) is 3.15. The van der Waals surface area contributed by atoms with E-state index in [1.165, 1.54) is 30.4 Å². The van der Waals surface area contributed by atoms with Crippen molar-refractivity contribution in [2.24, 2.45) is 5.92 Å². The Hall–Kier alpha value is -1.02. The van der Waals surface area contributed by atoms with Crippen LogP contribution < -0.4 is 10.1 Å². The number of rotatable bonds is 6. The highest BCUT2D eigenvalue weighted by Gasteiger charge is 2.32. The van der Waals surface area contributed by atoms with E-state index in [-0.39, 0.29) is 0 Å². The molecule has 0 bridgehead atoms. The van der Waals surface area contributed by atoms with Crippen molar-refractivity contribution in [2.75, 3.05) is 13.7 Å². The Labute approximate surface area is 104 Å². The number of ether oxygens (including phenoxy) is 1. The highest BCUT2D eigenvalue weighted by Crippen LogP contribution is 2.42. The van der Waals surface area contributed by atoms with E-state index in [4.69, 9.17) is 4.74 Å². The molecule has 0 amide bonds. The molecule has 0 spiro atoms. The molecule has 1 unspecified atom stereocenters. The standard InChI is InChI=1S/C15H23NO/c1-4-9-16-15(12-5-6-12)14-8-7-13(17-3)10-11(14)2/h7-8,10,12,15-16H,4-6,9H2,1-3H3. The van der Waals surface area contributed by atoms with Crippen LogP contribution in [0.3, 0.4) is 0 Å². The monoisotopic (exact) mass is 233 g/mol. The van der Waals surface area contributed by atoms with E-state index in [2.05, 4.69) is 37.4 Å². The van der Waals surface area contributed by atoms with Crippen molar-refractivity contribution in [1.82, 2.24) is 5.32 Å². The van der Waals surface area contributed by atoms with Gasteiger partial charge in [0.1, 0.15) is 5.75 Å². The lowest BCUT2D eigenvalue weighted by molar-refractivity contribution is 0.413. The molecule has 0 saturated heterocycles. The van der Waals surface area contributed by atoms with Crippen LogP contribution in [-0.2, 0) is 0 Å². The van der Waals surface area contributed by atoms with E-state index in [0.717, 1.165) is 18.2 Å². The molecule has 1 saturated carbocycles. The van der Waals surface area contributed by atoms with E-state index in [1.807, 2.05) is 0 Å². The number of hydrogen-bond donors (Lipinski definition) is 1. The Kier molecular flexibility index (Phi) is 4.06. The second kappa shape index (κ2) is 5.54. The molecular weight excluding hydrogens is 210 g/mol. The fraction of sp³-hybridized carbons (Fsp3) is 0.600. The van der Waals surface area contributed by atoms with E-state index in [9.17, 15) is 0 Å². The third kappa shape index (κ3) is 3.01. The summed E-state index contributed by atoms with van der Waals surface area (Å²) in [5.74, 6) is 1.80. The molecule has 1 aromatic carbocycles. The quantitative estimate of drug-likeness (QED) is 0.812. The smallest absolute Gasteiger partial charge is 0.119 e. The minimum Gasteiger partial charge on any atom is -0.497 e. The molecule has 1 aliphatic carbocycles. The van der Waals surface area contributed by atoms with E-state index >= 15 is 0 Å². The predicted molar refractivity (Wildman–Crippen MR) is 71.5 cm³/mol.